The van der Waals surface area contributed by atoms with Crippen LogP contribution in [0, 0.1) is 0 Å². The van der Waals surface area contributed by atoms with Crippen molar-refractivity contribution in [2.24, 2.45) is 0 Å². The van der Waals surface area contributed by atoms with Gasteiger partial charge in [-0.2, -0.15) is 0 Å². The first-order valence-corrected chi connectivity index (χ1v) is 24.9. The Balaban J connectivity index is 0.957. The first-order valence-electron chi connectivity index (χ1n) is 24.1. The van der Waals surface area contributed by atoms with Crippen molar-refractivity contribution in [1.82, 2.24) is 9.13 Å². The molecule has 2 aromatic heterocycles. The highest BCUT2D eigenvalue weighted by Gasteiger charge is 2.59. The van der Waals surface area contributed by atoms with Gasteiger partial charge in [-0.3, -0.25) is 0 Å². The van der Waals surface area contributed by atoms with Crippen LogP contribution >= 0.6 is 11.8 Å². The Hall–Kier alpha value is -7.59. The molecule has 1 aliphatic heterocycles. The third-order valence-corrected chi connectivity index (χ3v) is 18.4. The minimum atomic E-state index is -0.465. The van der Waals surface area contributed by atoms with E-state index in [1.807, 2.05) is 0 Å². The number of thioether (sulfide) groups is 1. The number of benzene rings is 9. The normalized spacial score (nSPS) is 20.8. The van der Waals surface area contributed by atoms with Gasteiger partial charge in [0.2, 0.25) is 0 Å². The molecule has 0 bridgehead atoms. The molecule has 3 heteroatoms. The molecule has 5 aliphatic rings. The molecule has 0 saturated carbocycles. The molecule has 320 valence electrons. The molecule has 0 radical (unpaired) electrons. The van der Waals surface area contributed by atoms with Gasteiger partial charge in [0, 0.05) is 49.1 Å². The van der Waals surface area contributed by atoms with Gasteiger partial charge in [0.15, 0.2) is 0 Å². The van der Waals surface area contributed by atoms with E-state index >= 15 is 0 Å². The zero-order valence-corrected chi connectivity index (χ0v) is 38.8. The molecule has 3 atom stereocenters. The summed E-state index contributed by atoms with van der Waals surface area (Å²) in [5.74, 6) is 0.303. The summed E-state index contributed by atoms with van der Waals surface area (Å²) in [6.45, 7) is 7.27. The number of para-hydroxylation sites is 2. The maximum atomic E-state index is 2.56. The molecule has 68 heavy (non-hydrogen) atoms. The van der Waals surface area contributed by atoms with Gasteiger partial charge in [-0.1, -0.05) is 166 Å². The number of allylic oxidation sites excluding steroid dienone is 3. The molecule has 3 heterocycles. The summed E-state index contributed by atoms with van der Waals surface area (Å²) in [7, 11) is 0. The van der Waals surface area contributed by atoms with E-state index in [2.05, 4.69) is 248 Å². The summed E-state index contributed by atoms with van der Waals surface area (Å²) in [5.41, 5.74) is 24.7. The Bertz CT molecular complexity index is 4190. The van der Waals surface area contributed by atoms with Gasteiger partial charge in [0.25, 0.3) is 0 Å². The molecule has 11 aromatic rings. The van der Waals surface area contributed by atoms with Gasteiger partial charge in [0.05, 0.1) is 32.2 Å². The van der Waals surface area contributed by atoms with Crippen molar-refractivity contribution in [2.75, 3.05) is 0 Å². The summed E-state index contributed by atoms with van der Waals surface area (Å²) < 4.78 is 4.93. The minimum Gasteiger partial charge on any atom is -0.309 e. The van der Waals surface area contributed by atoms with E-state index in [1.165, 1.54) is 132 Å². The monoisotopic (exact) mass is 884 g/mol. The molecule has 16 rings (SSSR count). The van der Waals surface area contributed by atoms with Crippen LogP contribution in [-0.2, 0) is 10.8 Å². The fourth-order valence-corrected chi connectivity index (χ4v) is 15.7. The van der Waals surface area contributed by atoms with E-state index in [-0.39, 0.29) is 10.2 Å². The van der Waals surface area contributed by atoms with Crippen LogP contribution in [0.2, 0.25) is 0 Å². The van der Waals surface area contributed by atoms with Gasteiger partial charge < -0.3 is 9.13 Å². The summed E-state index contributed by atoms with van der Waals surface area (Å²) in [4.78, 5) is 1.40. The standard InChI is InChI=1S/C65H44N2S/c1-63(2)50-22-10-4-16-40(50)42-30-28-38(34-55(42)63)66-57-25-13-7-18-44(57)48-36-49-45-19-8-14-26-58(45)67(60(49)37-59(48)66)39-29-31-43-41-17-5-11-23-52(41)65(56(43)35-39)53-24-12-6-21-47(53)62-54(65)33-32-51-46-20-9-15-27-61(46)68-64(51,62)3/h4-37,51H,1-3H3. The lowest BCUT2D eigenvalue weighted by Crippen LogP contribution is -2.32. The van der Waals surface area contributed by atoms with E-state index in [9.17, 15) is 0 Å². The van der Waals surface area contributed by atoms with Crippen LogP contribution in [0.15, 0.2) is 217 Å². The first-order chi connectivity index (χ1) is 33.4. The SMILES string of the molecule is CC1(C)c2ccccc2-c2ccc(-n3c4ccccc4c4cc5c6ccccc6n(-c6ccc7c(c6)C6(C8=C(c9ccccc96)C6(C)Sc9ccccc9C6C=C8)c6ccccc6-7)c5cc43)cc21. The lowest BCUT2D eigenvalue weighted by molar-refractivity contribution is 0.660. The largest absolute Gasteiger partial charge is 0.309 e. The van der Waals surface area contributed by atoms with Gasteiger partial charge in [-0.05, 0) is 134 Å². The molecule has 0 saturated heterocycles. The van der Waals surface area contributed by atoms with E-state index in [1.54, 1.807) is 0 Å². The predicted octanol–water partition coefficient (Wildman–Crippen LogP) is 16.5. The van der Waals surface area contributed by atoms with E-state index in [0.717, 1.165) is 0 Å². The maximum absolute atomic E-state index is 2.56. The number of nitrogens with zero attached hydrogens (tertiary/aromatic N) is 2. The van der Waals surface area contributed by atoms with Gasteiger partial charge in [0.1, 0.15) is 0 Å². The molecule has 1 spiro atoms. The lowest BCUT2D eigenvalue weighted by Gasteiger charge is -2.38. The molecule has 3 unspecified atom stereocenters. The van der Waals surface area contributed by atoms with E-state index in [4.69, 9.17) is 0 Å². The topological polar surface area (TPSA) is 9.86 Å². The predicted molar refractivity (Wildman–Crippen MR) is 284 cm³/mol. The number of hydrogen-bond acceptors (Lipinski definition) is 1. The lowest BCUT2D eigenvalue weighted by atomic mass is 9.67. The Morgan fingerprint density at radius 2 is 0.926 bits per heavy atom. The maximum Gasteiger partial charge on any atom is 0.0723 e. The summed E-state index contributed by atoms with van der Waals surface area (Å²) in [6, 6.07) is 74.2. The number of rotatable bonds is 2. The van der Waals surface area contributed by atoms with Crippen LogP contribution in [0.3, 0.4) is 0 Å². The zero-order chi connectivity index (χ0) is 44.8. The molecule has 2 nitrogen and oxygen atoms in total. The van der Waals surface area contributed by atoms with E-state index in [0.29, 0.717) is 5.92 Å². The average Bonchev–Trinajstić information content (AvgIpc) is 4.17. The second kappa shape index (κ2) is 12.7. The third kappa shape index (κ3) is 4.35. The van der Waals surface area contributed by atoms with Gasteiger partial charge in [-0.25, -0.2) is 0 Å². The van der Waals surface area contributed by atoms with Crippen LogP contribution < -0.4 is 0 Å². The molecule has 0 N–H and O–H groups in total. The Kier molecular flexibility index (Phi) is 6.99. The zero-order valence-electron chi connectivity index (χ0n) is 38.0. The van der Waals surface area contributed by atoms with E-state index < -0.39 is 5.41 Å². The molecule has 9 aromatic carbocycles. The highest BCUT2D eigenvalue weighted by Crippen LogP contribution is 2.70. The van der Waals surface area contributed by atoms with Crippen LogP contribution in [0.5, 0.6) is 0 Å². The van der Waals surface area contributed by atoms with Crippen LogP contribution in [0.25, 0.3) is 82.8 Å². The van der Waals surface area contributed by atoms with Gasteiger partial charge in [-0.15, -0.1) is 11.8 Å². The Morgan fingerprint density at radius 1 is 0.412 bits per heavy atom. The summed E-state index contributed by atoms with van der Waals surface area (Å²) in [5, 5.41) is 5.07. The second-order valence-corrected chi connectivity index (χ2v) is 21.9. The average molecular weight is 885 g/mol. The molecular formula is C65H44N2S. The van der Waals surface area contributed by atoms with Crippen molar-refractivity contribution < 1.29 is 0 Å². The van der Waals surface area contributed by atoms with Crippen LogP contribution in [-0.4, -0.2) is 13.9 Å². The van der Waals surface area contributed by atoms with Crippen molar-refractivity contribution in [3.8, 4) is 33.6 Å². The Morgan fingerprint density at radius 3 is 1.62 bits per heavy atom. The van der Waals surface area contributed by atoms with Crippen LogP contribution in [0.4, 0.5) is 0 Å². The number of fused-ring (bicyclic) bond motifs is 22. The fraction of sp³-hybridized carbons (Fsp3) is 0.108. The molecule has 4 aliphatic carbocycles. The molecule has 0 amide bonds. The Labute approximate surface area is 399 Å². The third-order valence-electron chi connectivity index (χ3n) is 17.0. The summed E-state index contributed by atoms with van der Waals surface area (Å²) in [6.07, 6.45) is 5.06. The number of hydrogen-bond donors (Lipinski definition) is 0. The van der Waals surface area contributed by atoms with Crippen molar-refractivity contribution in [3.63, 3.8) is 0 Å². The van der Waals surface area contributed by atoms with Crippen LogP contribution in [0.1, 0.15) is 65.6 Å². The highest BCUT2D eigenvalue weighted by molar-refractivity contribution is 8.01. The van der Waals surface area contributed by atoms with Crippen molar-refractivity contribution in [3.05, 3.63) is 251 Å². The smallest absolute Gasteiger partial charge is 0.0723 e. The first kappa shape index (κ1) is 37.5. The van der Waals surface area contributed by atoms with Gasteiger partial charge >= 0.3 is 0 Å². The second-order valence-electron chi connectivity index (χ2n) is 20.4. The molecule has 0 fully saturated rings. The molecular weight excluding hydrogens is 841 g/mol. The van der Waals surface area contributed by atoms with Crippen molar-refractivity contribution in [2.45, 2.75) is 47.2 Å². The van der Waals surface area contributed by atoms with Crippen molar-refractivity contribution in [1.29, 1.82) is 0 Å². The fourth-order valence-electron chi connectivity index (χ4n) is 14.2. The quantitative estimate of drug-likeness (QED) is 0.168. The summed E-state index contributed by atoms with van der Waals surface area (Å²) >= 11 is 2.06. The highest BCUT2D eigenvalue weighted by atomic mass is 32.2. The minimum absolute atomic E-state index is 0.102. The van der Waals surface area contributed by atoms with Crippen molar-refractivity contribution >= 4 is 60.9 Å². The number of aromatic nitrogens is 2.